The molecule has 2 aromatic rings. The maximum absolute atomic E-state index is 12.5. The van der Waals surface area contributed by atoms with Crippen LogP contribution < -0.4 is 14.8 Å². The topological polar surface area (TPSA) is 67.9 Å². The van der Waals surface area contributed by atoms with Crippen molar-refractivity contribution in [3.8, 4) is 11.5 Å². The van der Waals surface area contributed by atoms with Gasteiger partial charge in [0.1, 0.15) is 11.5 Å². The molecule has 6 heteroatoms. The number of rotatable bonds is 7. The van der Waals surface area contributed by atoms with Crippen molar-refractivity contribution in [1.82, 2.24) is 4.90 Å². The molecule has 3 rings (SSSR count). The summed E-state index contributed by atoms with van der Waals surface area (Å²) in [4.78, 5) is 26.6. The van der Waals surface area contributed by atoms with E-state index >= 15 is 0 Å². The number of benzene rings is 2. The summed E-state index contributed by atoms with van der Waals surface area (Å²) in [5.41, 5.74) is 2.23. The summed E-state index contributed by atoms with van der Waals surface area (Å²) < 4.78 is 10.4. The third kappa shape index (κ3) is 5.03. The number of hydrogen-bond acceptors (Lipinski definition) is 4. The first-order valence-electron chi connectivity index (χ1n) is 9.50. The number of hydrogen-bond donors (Lipinski definition) is 1. The van der Waals surface area contributed by atoms with Gasteiger partial charge in [0.05, 0.1) is 14.2 Å². The molecule has 0 unspecified atom stereocenters. The van der Waals surface area contributed by atoms with Crippen LogP contribution in [0.4, 0.5) is 5.69 Å². The Labute approximate surface area is 165 Å². The van der Waals surface area contributed by atoms with Crippen LogP contribution in [0.25, 0.3) is 0 Å². The zero-order chi connectivity index (χ0) is 19.9. The minimum absolute atomic E-state index is 0.224. The van der Waals surface area contributed by atoms with E-state index in [0.717, 1.165) is 31.5 Å². The Morgan fingerprint density at radius 2 is 1.57 bits per heavy atom. The van der Waals surface area contributed by atoms with Crippen LogP contribution in [-0.4, -0.2) is 44.0 Å². The van der Waals surface area contributed by atoms with Gasteiger partial charge in [-0.15, -0.1) is 0 Å². The van der Waals surface area contributed by atoms with Gasteiger partial charge in [0.25, 0.3) is 5.91 Å². The largest absolute Gasteiger partial charge is 0.497 e. The summed E-state index contributed by atoms with van der Waals surface area (Å²) in [5, 5.41) is 2.87. The Morgan fingerprint density at radius 1 is 0.964 bits per heavy atom. The van der Waals surface area contributed by atoms with Crippen LogP contribution in [0, 0.1) is 0 Å². The first kappa shape index (κ1) is 19.7. The quantitative estimate of drug-likeness (QED) is 0.796. The van der Waals surface area contributed by atoms with Gasteiger partial charge in [0.15, 0.2) is 0 Å². The highest BCUT2D eigenvalue weighted by atomic mass is 16.5. The van der Waals surface area contributed by atoms with E-state index < -0.39 is 0 Å². The molecule has 28 heavy (non-hydrogen) atoms. The third-order valence-electron chi connectivity index (χ3n) is 4.91. The van der Waals surface area contributed by atoms with Crippen LogP contribution in [0.3, 0.4) is 0 Å². The number of nitrogens with one attached hydrogen (secondary N) is 1. The van der Waals surface area contributed by atoms with Crippen molar-refractivity contribution in [1.29, 1.82) is 0 Å². The second kappa shape index (κ2) is 9.26. The van der Waals surface area contributed by atoms with Crippen LogP contribution in [0.1, 0.15) is 35.2 Å². The molecule has 1 aliphatic heterocycles. The maximum Gasteiger partial charge on any atom is 0.255 e. The zero-order valence-corrected chi connectivity index (χ0v) is 16.4. The summed E-state index contributed by atoms with van der Waals surface area (Å²) in [5.74, 6) is 1.10. The molecule has 2 amide bonds. The lowest BCUT2D eigenvalue weighted by atomic mass is 10.1. The lowest BCUT2D eigenvalue weighted by Crippen LogP contribution is -2.27. The number of carbonyl (C=O) groups is 2. The second-order valence-corrected chi connectivity index (χ2v) is 6.84. The lowest BCUT2D eigenvalue weighted by Gasteiger charge is -2.15. The molecule has 0 radical (unpaired) electrons. The van der Waals surface area contributed by atoms with Crippen molar-refractivity contribution in [2.45, 2.75) is 25.7 Å². The molecule has 1 heterocycles. The van der Waals surface area contributed by atoms with Gasteiger partial charge in [-0.05, 0) is 49.1 Å². The molecule has 6 nitrogen and oxygen atoms in total. The summed E-state index contributed by atoms with van der Waals surface area (Å²) >= 11 is 0. The Kier molecular flexibility index (Phi) is 6.53. The van der Waals surface area contributed by atoms with Crippen molar-refractivity contribution in [2.75, 3.05) is 32.6 Å². The smallest absolute Gasteiger partial charge is 0.255 e. The molecular weight excluding hydrogens is 356 g/mol. The molecule has 0 atom stereocenters. The Bertz CT molecular complexity index is 805. The minimum atomic E-state index is -0.242. The van der Waals surface area contributed by atoms with Gasteiger partial charge in [-0.3, -0.25) is 9.59 Å². The monoisotopic (exact) mass is 382 g/mol. The van der Waals surface area contributed by atoms with Gasteiger partial charge in [0.2, 0.25) is 5.91 Å². The highest BCUT2D eigenvalue weighted by Gasteiger charge is 2.17. The molecule has 1 N–H and O–H groups in total. The normalized spacial score (nSPS) is 13.3. The molecule has 0 saturated carbocycles. The molecule has 1 saturated heterocycles. The van der Waals surface area contributed by atoms with E-state index in [2.05, 4.69) is 5.32 Å². The molecule has 148 valence electrons. The molecule has 1 aliphatic rings. The lowest BCUT2D eigenvalue weighted by molar-refractivity contribution is -0.130. The molecule has 0 spiro atoms. The molecule has 0 aromatic heterocycles. The Hall–Kier alpha value is -3.02. The van der Waals surface area contributed by atoms with Gasteiger partial charge < -0.3 is 19.7 Å². The van der Waals surface area contributed by atoms with Crippen LogP contribution in [0.5, 0.6) is 11.5 Å². The van der Waals surface area contributed by atoms with E-state index in [9.17, 15) is 9.59 Å². The number of amides is 2. The van der Waals surface area contributed by atoms with Crippen LogP contribution in [-0.2, 0) is 11.2 Å². The Balaban J connectivity index is 1.57. The van der Waals surface area contributed by atoms with Crippen molar-refractivity contribution in [3.05, 3.63) is 53.6 Å². The fourth-order valence-electron chi connectivity index (χ4n) is 3.27. The molecular formula is C22H26N2O4. The summed E-state index contributed by atoms with van der Waals surface area (Å²) in [6, 6.07) is 12.6. The van der Waals surface area contributed by atoms with Crippen LogP contribution in [0.2, 0.25) is 0 Å². The molecule has 2 aromatic carbocycles. The summed E-state index contributed by atoms with van der Waals surface area (Å²) in [6.07, 6.45) is 3.45. The average Bonchev–Trinajstić information content (AvgIpc) is 3.27. The number of ether oxygens (including phenoxy) is 2. The van der Waals surface area contributed by atoms with E-state index in [4.69, 9.17) is 9.47 Å². The van der Waals surface area contributed by atoms with Gasteiger partial charge in [-0.25, -0.2) is 0 Å². The summed E-state index contributed by atoms with van der Waals surface area (Å²) in [7, 11) is 3.09. The van der Waals surface area contributed by atoms with Crippen molar-refractivity contribution >= 4 is 17.5 Å². The van der Waals surface area contributed by atoms with Gasteiger partial charge >= 0.3 is 0 Å². The number of methoxy groups -OCH3 is 2. The van der Waals surface area contributed by atoms with Gasteiger partial charge in [0, 0.05) is 36.8 Å². The molecule has 0 aliphatic carbocycles. The maximum atomic E-state index is 12.5. The number of likely N-dealkylation sites (tertiary alicyclic amines) is 1. The van der Waals surface area contributed by atoms with Crippen molar-refractivity contribution in [3.63, 3.8) is 0 Å². The van der Waals surface area contributed by atoms with Crippen molar-refractivity contribution < 1.29 is 19.1 Å². The average molecular weight is 382 g/mol. The molecule has 1 fully saturated rings. The van der Waals surface area contributed by atoms with Crippen molar-refractivity contribution in [2.24, 2.45) is 0 Å². The first-order valence-corrected chi connectivity index (χ1v) is 9.50. The molecule has 0 bridgehead atoms. The van der Waals surface area contributed by atoms with E-state index in [1.165, 1.54) is 0 Å². The Morgan fingerprint density at radius 3 is 2.14 bits per heavy atom. The van der Waals surface area contributed by atoms with Crippen LogP contribution >= 0.6 is 0 Å². The third-order valence-corrected chi connectivity index (χ3v) is 4.91. The van der Waals surface area contributed by atoms with E-state index in [-0.39, 0.29) is 11.8 Å². The predicted octanol–water partition coefficient (Wildman–Crippen LogP) is 3.51. The number of carbonyl (C=O) groups excluding carboxylic acids is 2. The van der Waals surface area contributed by atoms with E-state index in [1.807, 2.05) is 29.2 Å². The van der Waals surface area contributed by atoms with E-state index in [0.29, 0.717) is 35.6 Å². The minimum Gasteiger partial charge on any atom is -0.497 e. The van der Waals surface area contributed by atoms with Crippen LogP contribution in [0.15, 0.2) is 42.5 Å². The van der Waals surface area contributed by atoms with Gasteiger partial charge in [-0.1, -0.05) is 12.1 Å². The van der Waals surface area contributed by atoms with E-state index in [1.54, 1.807) is 32.4 Å². The number of anilines is 1. The zero-order valence-electron chi connectivity index (χ0n) is 16.4. The fourth-order valence-corrected chi connectivity index (χ4v) is 3.27. The number of aryl methyl sites for hydroxylation is 1. The fraction of sp³-hybridized carbons (Fsp3) is 0.364. The number of nitrogens with zero attached hydrogens (tertiary/aromatic N) is 1. The summed E-state index contributed by atoms with van der Waals surface area (Å²) in [6.45, 7) is 1.78. The highest BCUT2D eigenvalue weighted by Crippen LogP contribution is 2.23. The predicted molar refractivity (Wildman–Crippen MR) is 108 cm³/mol. The SMILES string of the molecule is COc1cc(OC)cc(C(=O)Nc2ccc(CCC(=O)N3CCCC3)cc2)c1. The first-order chi connectivity index (χ1) is 13.6. The highest BCUT2D eigenvalue weighted by molar-refractivity contribution is 6.04. The standard InChI is InChI=1S/C22H26N2O4/c1-27-19-13-17(14-20(15-19)28-2)22(26)23-18-8-5-16(6-9-18)7-10-21(25)24-11-3-4-12-24/h5-6,8-9,13-15H,3-4,7,10-12H2,1-2H3,(H,23,26). The second-order valence-electron chi connectivity index (χ2n) is 6.84. The van der Waals surface area contributed by atoms with Gasteiger partial charge in [-0.2, -0.15) is 0 Å².